The minimum atomic E-state index is -0.383. The molecule has 4 rings (SSSR count). The molecule has 4 aromatic carbocycles. The van der Waals surface area contributed by atoms with Crippen molar-refractivity contribution in [2.45, 2.75) is 24.9 Å². The zero-order valence-corrected chi connectivity index (χ0v) is 22.3. The Morgan fingerprint density at radius 3 is 1.31 bits per heavy atom. The van der Waals surface area contributed by atoms with Crippen molar-refractivity contribution in [3.8, 4) is 11.5 Å². The van der Waals surface area contributed by atoms with Crippen LogP contribution in [0.25, 0.3) is 0 Å². The summed E-state index contributed by atoms with van der Waals surface area (Å²) in [6, 6.07) is 28.9. The number of hydrogen-bond donors (Lipinski definition) is 1. The first-order valence-electron chi connectivity index (χ1n) is 11.3. The van der Waals surface area contributed by atoms with Crippen molar-refractivity contribution in [3.05, 3.63) is 130 Å². The van der Waals surface area contributed by atoms with Gasteiger partial charge in [0.25, 0.3) is 0 Å². The quantitative estimate of drug-likeness (QED) is 0.114. The molecule has 0 aromatic heterocycles. The summed E-state index contributed by atoms with van der Waals surface area (Å²) in [5.41, 5.74) is 5.30. The van der Waals surface area contributed by atoms with Gasteiger partial charge in [0.2, 0.25) is 0 Å². The van der Waals surface area contributed by atoms with Crippen LogP contribution in [0.2, 0.25) is 0 Å². The van der Waals surface area contributed by atoms with E-state index in [9.17, 15) is 9.59 Å². The summed E-state index contributed by atoms with van der Waals surface area (Å²) in [4.78, 5) is 23.7. The van der Waals surface area contributed by atoms with Gasteiger partial charge in [-0.15, -0.1) is 0 Å². The van der Waals surface area contributed by atoms with Crippen molar-refractivity contribution in [2.75, 3.05) is 0 Å². The summed E-state index contributed by atoms with van der Waals surface area (Å²) in [5.74, 6) is 0.343. The van der Waals surface area contributed by atoms with Crippen LogP contribution in [0.1, 0.15) is 43.0 Å². The number of aliphatic hydroxyl groups is 1. The number of aliphatic hydroxyl groups excluding tert-OH is 1. The van der Waals surface area contributed by atoms with Gasteiger partial charge in [-0.3, -0.25) is 0 Å². The molecule has 0 aliphatic heterocycles. The second kappa shape index (κ2) is 13.6. The van der Waals surface area contributed by atoms with Gasteiger partial charge in [0.1, 0.15) is 11.5 Å². The van der Waals surface area contributed by atoms with Gasteiger partial charge in [-0.25, -0.2) is 9.59 Å². The molecule has 0 fully saturated rings. The molecular weight excluding hydrogens is 567 g/mol. The van der Waals surface area contributed by atoms with E-state index in [0.717, 1.165) is 21.1 Å². The molecule has 184 valence electrons. The van der Waals surface area contributed by atoms with Crippen LogP contribution in [-0.4, -0.2) is 17.0 Å². The fraction of sp³-hybridized carbons (Fsp3) is 0.133. The standard InChI is InChI=1S/C15H13IO2.C15H14O3/c2*1-11-2-6-13(7-3-11)15(17)18-14-8-4-12(10-16)5-9-14/h2-9H,10H2,1H3;2-9,16H,10H2,1H3. The summed E-state index contributed by atoms with van der Waals surface area (Å²) in [7, 11) is 0. The van der Waals surface area contributed by atoms with Crippen molar-refractivity contribution < 1.29 is 24.2 Å². The first-order chi connectivity index (χ1) is 17.4. The highest BCUT2D eigenvalue weighted by Gasteiger charge is 2.09. The van der Waals surface area contributed by atoms with E-state index in [1.807, 2.05) is 62.4 Å². The van der Waals surface area contributed by atoms with Crippen LogP contribution in [-0.2, 0) is 11.0 Å². The summed E-state index contributed by atoms with van der Waals surface area (Å²) < 4.78 is 11.5. The lowest BCUT2D eigenvalue weighted by molar-refractivity contribution is 0.0725. The molecule has 0 aliphatic carbocycles. The normalized spacial score (nSPS) is 10.1. The van der Waals surface area contributed by atoms with Crippen LogP contribution in [0.3, 0.4) is 0 Å². The van der Waals surface area contributed by atoms with E-state index in [2.05, 4.69) is 22.6 Å². The first kappa shape index (κ1) is 27.1. The van der Waals surface area contributed by atoms with Gasteiger partial charge < -0.3 is 14.6 Å². The minimum absolute atomic E-state index is 0.0216. The molecule has 0 atom stereocenters. The zero-order valence-electron chi connectivity index (χ0n) is 20.1. The summed E-state index contributed by atoms with van der Waals surface area (Å²) in [5, 5.41) is 8.91. The second-order valence-electron chi connectivity index (χ2n) is 8.09. The summed E-state index contributed by atoms with van der Waals surface area (Å²) in [6.45, 7) is 3.92. The van der Waals surface area contributed by atoms with Gasteiger partial charge in [0.05, 0.1) is 17.7 Å². The Balaban J connectivity index is 0.000000201. The molecule has 0 amide bonds. The van der Waals surface area contributed by atoms with E-state index in [1.165, 1.54) is 5.56 Å². The maximum Gasteiger partial charge on any atom is 0.343 e. The minimum Gasteiger partial charge on any atom is -0.423 e. The third-order valence-corrected chi connectivity index (χ3v) is 6.06. The average Bonchev–Trinajstić information content (AvgIpc) is 2.90. The largest absolute Gasteiger partial charge is 0.423 e. The van der Waals surface area contributed by atoms with E-state index >= 15 is 0 Å². The van der Waals surface area contributed by atoms with Crippen LogP contribution in [0.5, 0.6) is 11.5 Å². The SMILES string of the molecule is Cc1ccc(C(=O)Oc2ccc(CI)cc2)cc1.Cc1ccc(C(=O)Oc2ccc(CO)cc2)cc1. The lowest BCUT2D eigenvalue weighted by atomic mass is 10.1. The molecule has 1 N–H and O–H groups in total. The van der Waals surface area contributed by atoms with Gasteiger partial charge in [-0.05, 0) is 73.5 Å². The third kappa shape index (κ3) is 8.32. The van der Waals surface area contributed by atoms with Gasteiger partial charge in [0.15, 0.2) is 0 Å². The number of hydrogen-bond acceptors (Lipinski definition) is 5. The number of alkyl halides is 1. The molecule has 4 aromatic rings. The summed E-state index contributed by atoms with van der Waals surface area (Å²) >= 11 is 2.30. The van der Waals surface area contributed by atoms with Crippen molar-refractivity contribution in [1.29, 1.82) is 0 Å². The van der Waals surface area contributed by atoms with Crippen LogP contribution in [0, 0.1) is 13.8 Å². The number of benzene rings is 4. The molecule has 6 heteroatoms. The lowest BCUT2D eigenvalue weighted by Crippen LogP contribution is -2.08. The lowest BCUT2D eigenvalue weighted by Gasteiger charge is -2.05. The van der Waals surface area contributed by atoms with E-state index in [-0.39, 0.29) is 18.5 Å². The number of carbonyl (C=O) groups excluding carboxylic acids is 2. The third-order valence-electron chi connectivity index (χ3n) is 5.18. The molecule has 0 heterocycles. The van der Waals surface area contributed by atoms with Crippen molar-refractivity contribution in [3.63, 3.8) is 0 Å². The number of esters is 2. The van der Waals surface area contributed by atoms with Crippen molar-refractivity contribution in [2.24, 2.45) is 0 Å². The van der Waals surface area contributed by atoms with Crippen molar-refractivity contribution in [1.82, 2.24) is 0 Å². The number of ether oxygens (including phenoxy) is 2. The van der Waals surface area contributed by atoms with E-state index in [4.69, 9.17) is 14.6 Å². The predicted molar refractivity (Wildman–Crippen MR) is 149 cm³/mol. The van der Waals surface area contributed by atoms with Gasteiger partial charge in [-0.2, -0.15) is 0 Å². The Hall–Kier alpha value is -3.49. The van der Waals surface area contributed by atoms with Crippen LogP contribution >= 0.6 is 22.6 Å². The van der Waals surface area contributed by atoms with Gasteiger partial charge in [-0.1, -0.05) is 82.2 Å². The highest BCUT2D eigenvalue weighted by Crippen LogP contribution is 2.17. The number of halogens is 1. The maximum atomic E-state index is 11.9. The molecule has 0 saturated carbocycles. The Labute approximate surface area is 224 Å². The topological polar surface area (TPSA) is 72.8 Å². The molecule has 5 nitrogen and oxygen atoms in total. The van der Waals surface area contributed by atoms with Crippen LogP contribution in [0.4, 0.5) is 0 Å². The van der Waals surface area contributed by atoms with E-state index in [1.54, 1.807) is 48.5 Å². The highest BCUT2D eigenvalue weighted by atomic mass is 127. The zero-order chi connectivity index (χ0) is 25.9. The average molecular weight is 594 g/mol. The molecule has 0 aliphatic rings. The second-order valence-corrected chi connectivity index (χ2v) is 8.85. The van der Waals surface area contributed by atoms with Gasteiger partial charge >= 0.3 is 11.9 Å². The fourth-order valence-corrected chi connectivity index (χ4v) is 3.53. The monoisotopic (exact) mass is 594 g/mol. The number of rotatable bonds is 6. The van der Waals surface area contributed by atoms with Crippen LogP contribution in [0.15, 0.2) is 97.1 Å². The molecule has 0 unspecified atom stereocenters. The molecule has 0 saturated heterocycles. The Kier molecular flexibility index (Phi) is 10.2. The van der Waals surface area contributed by atoms with E-state index in [0.29, 0.717) is 22.6 Å². The Morgan fingerprint density at radius 2 is 0.972 bits per heavy atom. The first-order valence-corrected chi connectivity index (χ1v) is 12.8. The predicted octanol–water partition coefficient (Wildman–Crippen LogP) is 6.86. The molecular formula is C30H27IO5. The molecule has 36 heavy (non-hydrogen) atoms. The number of aryl methyl sites for hydroxylation is 2. The van der Waals surface area contributed by atoms with Crippen LogP contribution < -0.4 is 9.47 Å². The molecule has 0 bridgehead atoms. The van der Waals surface area contributed by atoms with E-state index < -0.39 is 0 Å². The molecule has 0 radical (unpaired) electrons. The Bertz CT molecular complexity index is 1160. The summed E-state index contributed by atoms with van der Waals surface area (Å²) in [6.07, 6.45) is 0. The maximum absolute atomic E-state index is 11.9. The molecule has 0 spiro atoms. The van der Waals surface area contributed by atoms with Gasteiger partial charge in [0, 0.05) is 4.43 Å². The Morgan fingerprint density at radius 1 is 0.611 bits per heavy atom. The van der Waals surface area contributed by atoms with Crippen molar-refractivity contribution >= 4 is 34.5 Å². The fourth-order valence-electron chi connectivity index (χ4n) is 3.02. The number of carbonyl (C=O) groups is 2. The highest BCUT2D eigenvalue weighted by molar-refractivity contribution is 14.1. The smallest absolute Gasteiger partial charge is 0.343 e.